The van der Waals surface area contributed by atoms with Crippen LogP contribution in [0.3, 0.4) is 0 Å². The molecule has 2 N–H and O–H groups in total. The first-order valence-electron chi connectivity index (χ1n) is 7.51. The van der Waals surface area contributed by atoms with Gasteiger partial charge < -0.3 is 14.9 Å². The summed E-state index contributed by atoms with van der Waals surface area (Å²) in [7, 11) is 0. The molecule has 128 valence electrons. The first-order valence-corrected chi connectivity index (χ1v) is 8.64. The fraction of sp³-hybridized carbons (Fsp3) is 0.200. The Hall–Kier alpha value is -2.09. The highest BCUT2D eigenvalue weighted by Crippen LogP contribution is 2.27. The van der Waals surface area contributed by atoms with Gasteiger partial charge in [-0.3, -0.25) is 0 Å². The number of halogens is 3. The number of nitrogens with zero attached hydrogens (tertiary/aromatic N) is 5. The van der Waals surface area contributed by atoms with Gasteiger partial charge in [-0.1, -0.05) is 23.2 Å². The summed E-state index contributed by atoms with van der Waals surface area (Å²) in [5.74, 6) is 1.27. The molecule has 25 heavy (non-hydrogen) atoms. The van der Waals surface area contributed by atoms with Gasteiger partial charge in [0, 0.05) is 6.54 Å². The minimum Gasteiger partial charge on any atom is -0.361 e. The van der Waals surface area contributed by atoms with Gasteiger partial charge in [0.2, 0.25) is 5.28 Å². The Balaban J connectivity index is 1.65. The van der Waals surface area contributed by atoms with Crippen LogP contribution in [0.25, 0.3) is 22.2 Å². The van der Waals surface area contributed by atoms with E-state index in [0.29, 0.717) is 39.4 Å². The summed E-state index contributed by atoms with van der Waals surface area (Å²) in [6.07, 6.45) is 1.71. The molecule has 0 aliphatic rings. The molecule has 0 bridgehead atoms. The van der Waals surface area contributed by atoms with Crippen LogP contribution in [0.2, 0.25) is 15.3 Å². The Morgan fingerprint density at radius 2 is 1.92 bits per heavy atom. The van der Waals surface area contributed by atoms with E-state index >= 15 is 0 Å². The molecule has 0 aliphatic carbocycles. The lowest BCUT2D eigenvalue weighted by Crippen LogP contribution is -2.05. The second-order valence-electron chi connectivity index (χ2n) is 5.36. The molecule has 3 aromatic heterocycles. The summed E-state index contributed by atoms with van der Waals surface area (Å²) >= 11 is 18.1. The number of imidazole rings is 2. The number of aryl methyl sites for hydroxylation is 1. The standard InChI is InChI=1S/C15H12Cl3N7/c1-2-25-6-20-12-13(23-15(18)24-14(12)25)19-5-11-21-9-3-7(16)8(17)4-10(9)22-11/h3-4,6H,2,5H2,1H3,(H,21,22)(H,19,23,24). The van der Waals surface area contributed by atoms with Crippen LogP contribution in [-0.4, -0.2) is 29.5 Å². The van der Waals surface area contributed by atoms with Crippen molar-refractivity contribution < 1.29 is 0 Å². The van der Waals surface area contributed by atoms with Gasteiger partial charge in [-0.15, -0.1) is 0 Å². The molecule has 0 amide bonds. The number of anilines is 1. The van der Waals surface area contributed by atoms with Crippen LogP contribution in [0, 0.1) is 0 Å². The van der Waals surface area contributed by atoms with Crippen LogP contribution in [0.5, 0.6) is 0 Å². The second-order valence-corrected chi connectivity index (χ2v) is 6.52. The zero-order valence-electron chi connectivity index (χ0n) is 13.0. The topological polar surface area (TPSA) is 84.3 Å². The number of rotatable bonds is 4. The van der Waals surface area contributed by atoms with E-state index in [0.717, 1.165) is 17.6 Å². The smallest absolute Gasteiger partial charge is 0.226 e. The summed E-state index contributed by atoms with van der Waals surface area (Å²) in [4.78, 5) is 20.5. The summed E-state index contributed by atoms with van der Waals surface area (Å²) < 4.78 is 1.90. The number of hydrogen-bond acceptors (Lipinski definition) is 5. The molecule has 4 aromatic rings. The van der Waals surface area contributed by atoms with E-state index in [1.807, 2.05) is 11.5 Å². The maximum Gasteiger partial charge on any atom is 0.226 e. The van der Waals surface area contributed by atoms with Crippen molar-refractivity contribution in [2.75, 3.05) is 5.32 Å². The second kappa shape index (κ2) is 6.33. The van der Waals surface area contributed by atoms with E-state index in [1.165, 1.54) is 0 Å². The van der Waals surface area contributed by atoms with Crippen molar-refractivity contribution >= 4 is 62.8 Å². The zero-order valence-corrected chi connectivity index (χ0v) is 15.3. The van der Waals surface area contributed by atoms with Crippen molar-refractivity contribution in [2.24, 2.45) is 0 Å². The molecule has 3 heterocycles. The lowest BCUT2D eigenvalue weighted by atomic mass is 10.3. The van der Waals surface area contributed by atoms with Crippen molar-refractivity contribution in [1.82, 2.24) is 29.5 Å². The third-order valence-corrected chi connectivity index (χ3v) is 4.66. The predicted molar refractivity (Wildman–Crippen MR) is 99.4 cm³/mol. The van der Waals surface area contributed by atoms with Gasteiger partial charge in [-0.25, -0.2) is 9.97 Å². The van der Waals surface area contributed by atoms with E-state index < -0.39 is 0 Å². The van der Waals surface area contributed by atoms with Crippen molar-refractivity contribution in [2.45, 2.75) is 20.0 Å². The zero-order chi connectivity index (χ0) is 17.6. The largest absolute Gasteiger partial charge is 0.361 e. The monoisotopic (exact) mass is 395 g/mol. The minimum absolute atomic E-state index is 0.161. The van der Waals surface area contributed by atoms with E-state index in [9.17, 15) is 0 Å². The van der Waals surface area contributed by atoms with Gasteiger partial charge >= 0.3 is 0 Å². The highest BCUT2D eigenvalue weighted by atomic mass is 35.5. The molecule has 0 aliphatic heterocycles. The summed E-state index contributed by atoms with van der Waals surface area (Å²) in [6, 6.07) is 3.47. The number of nitrogens with one attached hydrogen (secondary N) is 2. The highest BCUT2D eigenvalue weighted by Gasteiger charge is 2.13. The molecule has 0 unspecified atom stereocenters. The number of H-pyrrole nitrogens is 1. The fourth-order valence-electron chi connectivity index (χ4n) is 2.58. The first kappa shape index (κ1) is 16.4. The number of benzene rings is 1. The third-order valence-electron chi connectivity index (χ3n) is 3.77. The SMILES string of the molecule is CCn1cnc2c(NCc3nc4cc(Cl)c(Cl)cc4[nH]3)nc(Cl)nc21. The summed E-state index contributed by atoms with van der Waals surface area (Å²) in [5, 5.41) is 4.31. The maximum absolute atomic E-state index is 6.03. The van der Waals surface area contributed by atoms with E-state index in [-0.39, 0.29) is 5.28 Å². The lowest BCUT2D eigenvalue weighted by Gasteiger charge is -2.05. The van der Waals surface area contributed by atoms with Crippen LogP contribution in [-0.2, 0) is 13.1 Å². The van der Waals surface area contributed by atoms with Crippen molar-refractivity contribution in [1.29, 1.82) is 0 Å². The Labute approximate surface area is 157 Å². The number of fused-ring (bicyclic) bond motifs is 2. The predicted octanol–water partition coefficient (Wildman–Crippen LogP) is 4.29. The highest BCUT2D eigenvalue weighted by molar-refractivity contribution is 6.42. The fourth-order valence-corrected chi connectivity index (χ4v) is 3.07. The molecule has 4 rings (SSSR count). The molecule has 0 saturated heterocycles. The van der Waals surface area contributed by atoms with Crippen molar-refractivity contribution in [3.05, 3.63) is 39.6 Å². The summed E-state index contributed by atoms with van der Waals surface area (Å²) in [6.45, 7) is 3.16. The molecular weight excluding hydrogens is 385 g/mol. The summed E-state index contributed by atoms with van der Waals surface area (Å²) in [5.41, 5.74) is 2.90. The number of hydrogen-bond donors (Lipinski definition) is 2. The number of aromatic nitrogens is 6. The van der Waals surface area contributed by atoms with E-state index in [4.69, 9.17) is 34.8 Å². The maximum atomic E-state index is 6.03. The van der Waals surface area contributed by atoms with Crippen LogP contribution in [0.1, 0.15) is 12.7 Å². The van der Waals surface area contributed by atoms with E-state index in [1.54, 1.807) is 18.5 Å². The molecule has 0 radical (unpaired) electrons. The number of aromatic amines is 1. The van der Waals surface area contributed by atoms with Gasteiger partial charge in [0.05, 0.1) is 34.0 Å². The van der Waals surface area contributed by atoms with E-state index in [2.05, 4.69) is 30.2 Å². The minimum atomic E-state index is 0.161. The Kier molecular flexibility index (Phi) is 4.15. The van der Waals surface area contributed by atoms with Crippen LogP contribution >= 0.6 is 34.8 Å². The van der Waals surface area contributed by atoms with Crippen molar-refractivity contribution in [3.8, 4) is 0 Å². The van der Waals surface area contributed by atoms with Gasteiger partial charge in [0.25, 0.3) is 0 Å². The van der Waals surface area contributed by atoms with Gasteiger partial charge in [-0.05, 0) is 30.7 Å². The molecule has 1 aromatic carbocycles. The lowest BCUT2D eigenvalue weighted by molar-refractivity contribution is 0.777. The normalized spacial score (nSPS) is 11.5. The van der Waals surface area contributed by atoms with Crippen LogP contribution in [0.4, 0.5) is 5.82 Å². The molecule has 0 saturated carbocycles. The molecule has 10 heteroatoms. The third kappa shape index (κ3) is 2.99. The molecular formula is C15H12Cl3N7. The molecule has 0 atom stereocenters. The average molecular weight is 397 g/mol. The first-order chi connectivity index (χ1) is 12.0. The Bertz CT molecular complexity index is 1050. The molecule has 0 fully saturated rings. The molecule has 0 spiro atoms. The van der Waals surface area contributed by atoms with Gasteiger partial charge in [-0.2, -0.15) is 9.97 Å². The van der Waals surface area contributed by atoms with Crippen molar-refractivity contribution in [3.63, 3.8) is 0 Å². The Morgan fingerprint density at radius 1 is 1.12 bits per heavy atom. The quantitative estimate of drug-likeness (QED) is 0.503. The van der Waals surface area contributed by atoms with Crippen LogP contribution in [0.15, 0.2) is 18.5 Å². The molecule has 7 nitrogen and oxygen atoms in total. The van der Waals surface area contributed by atoms with Gasteiger partial charge in [0.15, 0.2) is 17.0 Å². The average Bonchev–Trinajstić information content (AvgIpc) is 3.16. The van der Waals surface area contributed by atoms with Crippen LogP contribution < -0.4 is 5.32 Å². The van der Waals surface area contributed by atoms with Gasteiger partial charge in [0.1, 0.15) is 5.82 Å². The Morgan fingerprint density at radius 3 is 2.72 bits per heavy atom.